The molecular weight excluding hydrogens is 200 g/mol. The van der Waals surface area contributed by atoms with Crippen molar-refractivity contribution in [2.24, 2.45) is 0 Å². The second-order valence-corrected chi connectivity index (χ2v) is 4.47. The highest BCUT2D eigenvalue weighted by molar-refractivity contribution is 6.17. The normalized spacial score (nSPS) is 14.7. The number of carboxylic acid groups (broad SMARTS) is 1. The first-order valence-corrected chi connectivity index (χ1v) is 5.72. The van der Waals surface area contributed by atoms with E-state index in [1.807, 2.05) is 6.92 Å². The summed E-state index contributed by atoms with van der Waals surface area (Å²) in [6.45, 7) is 1.98. The Kier molecular flexibility index (Phi) is 6.43. The van der Waals surface area contributed by atoms with E-state index in [0.29, 0.717) is 5.57 Å². The van der Waals surface area contributed by atoms with E-state index in [1.54, 1.807) is 0 Å². The summed E-state index contributed by atoms with van der Waals surface area (Å²) in [5.74, 6) is -0.883. The summed E-state index contributed by atoms with van der Waals surface area (Å²) in [6, 6.07) is 0. The summed E-state index contributed by atoms with van der Waals surface area (Å²) in [7, 11) is 3.79. The Morgan fingerprint density at radius 2 is 2.00 bits per heavy atom. The van der Waals surface area contributed by atoms with Crippen LogP contribution in [0.2, 0.25) is 5.54 Å². The standard InChI is InChI=1S/C9H18O4Si/c1-4-7(14)6(9(10)11)5-8(12-2)13-3/h5,7-8H,4H2,1-3,14H3,(H,10,11). The van der Waals surface area contributed by atoms with E-state index in [9.17, 15) is 4.79 Å². The van der Waals surface area contributed by atoms with E-state index < -0.39 is 12.3 Å². The van der Waals surface area contributed by atoms with E-state index in [4.69, 9.17) is 14.6 Å². The first-order valence-electron chi connectivity index (χ1n) is 4.57. The van der Waals surface area contributed by atoms with Gasteiger partial charge in [-0.05, 0) is 11.6 Å². The average Bonchev–Trinajstić information content (AvgIpc) is 2.18. The van der Waals surface area contributed by atoms with Gasteiger partial charge in [-0.25, -0.2) is 4.79 Å². The zero-order valence-electron chi connectivity index (χ0n) is 9.11. The minimum atomic E-state index is -0.883. The van der Waals surface area contributed by atoms with Crippen LogP contribution >= 0.6 is 0 Å². The highest BCUT2D eigenvalue weighted by Gasteiger charge is 2.16. The van der Waals surface area contributed by atoms with E-state index >= 15 is 0 Å². The summed E-state index contributed by atoms with van der Waals surface area (Å²) in [6.07, 6.45) is 1.80. The first kappa shape index (κ1) is 13.3. The molecule has 14 heavy (non-hydrogen) atoms. The number of ether oxygens (including phenoxy) is 2. The minimum absolute atomic E-state index is 0.139. The first-order chi connectivity index (χ1) is 6.56. The molecule has 0 radical (unpaired) electrons. The summed E-state index contributed by atoms with van der Waals surface area (Å²) in [4.78, 5) is 10.9. The molecule has 0 aromatic rings. The van der Waals surface area contributed by atoms with Gasteiger partial charge in [-0.15, -0.1) is 0 Å². The molecular formula is C9H18O4Si. The molecule has 0 heterocycles. The molecule has 0 aliphatic rings. The largest absolute Gasteiger partial charge is 0.478 e. The maximum absolute atomic E-state index is 10.9. The van der Waals surface area contributed by atoms with Gasteiger partial charge in [0.1, 0.15) is 0 Å². The maximum Gasteiger partial charge on any atom is 0.331 e. The number of hydrogen-bond donors (Lipinski definition) is 1. The van der Waals surface area contributed by atoms with E-state index in [0.717, 1.165) is 16.7 Å². The molecule has 0 aromatic heterocycles. The van der Waals surface area contributed by atoms with Crippen LogP contribution in [0.5, 0.6) is 0 Å². The molecule has 0 spiro atoms. The van der Waals surface area contributed by atoms with Crippen LogP contribution in [0.4, 0.5) is 0 Å². The van der Waals surface area contributed by atoms with Crippen LogP contribution in [-0.4, -0.2) is 41.8 Å². The molecule has 0 saturated heterocycles. The van der Waals surface area contributed by atoms with Gasteiger partial charge in [0.2, 0.25) is 0 Å². The quantitative estimate of drug-likeness (QED) is 0.392. The molecule has 0 aliphatic carbocycles. The number of aliphatic carboxylic acids is 1. The average molecular weight is 218 g/mol. The highest BCUT2D eigenvalue weighted by atomic mass is 28.1. The number of methoxy groups -OCH3 is 2. The van der Waals surface area contributed by atoms with Gasteiger partial charge in [-0.3, -0.25) is 0 Å². The topological polar surface area (TPSA) is 55.8 Å². The minimum Gasteiger partial charge on any atom is -0.478 e. The lowest BCUT2D eigenvalue weighted by Crippen LogP contribution is -2.15. The number of hydrogen-bond acceptors (Lipinski definition) is 3. The monoisotopic (exact) mass is 218 g/mol. The van der Waals surface area contributed by atoms with Gasteiger partial charge in [0.25, 0.3) is 0 Å². The molecule has 0 aliphatic heterocycles. The van der Waals surface area contributed by atoms with Crippen LogP contribution < -0.4 is 0 Å². The molecule has 1 unspecified atom stereocenters. The summed E-state index contributed by atoms with van der Waals surface area (Å²) >= 11 is 0. The lowest BCUT2D eigenvalue weighted by atomic mass is 10.1. The Labute approximate surface area is 87.3 Å². The predicted octanol–water partition coefficient (Wildman–Crippen LogP) is 0.180. The van der Waals surface area contributed by atoms with Crippen molar-refractivity contribution in [1.29, 1.82) is 0 Å². The van der Waals surface area contributed by atoms with Crippen molar-refractivity contribution in [2.45, 2.75) is 25.2 Å². The van der Waals surface area contributed by atoms with Crippen molar-refractivity contribution < 1.29 is 19.4 Å². The van der Waals surface area contributed by atoms with Gasteiger partial charge >= 0.3 is 5.97 Å². The van der Waals surface area contributed by atoms with E-state index in [1.165, 1.54) is 20.3 Å². The maximum atomic E-state index is 10.9. The van der Waals surface area contributed by atoms with Crippen molar-refractivity contribution in [2.75, 3.05) is 14.2 Å². The van der Waals surface area contributed by atoms with Gasteiger partial charge in [0.15, 0.2) is 6.29 Å². The van der Waals surface area contributed by atoms with Crippen molar-refractivity contribution in [1.82, 2.24) is 0 Å². The molecule has 0 saturated carbocycles. The van der Waals surface area contributed by atoms with Crippen LogP contribution in [-0.2, 0) is 14.3 Å². The number of rotatable bonds is 6. The molecule has 1 atom stereocenters. The molecule has 1 N–H and O–H groups in total. The van der Waals surface area contributed by atoms with Crippen LogP contribution in [0.15, 0.2) is 11.6 Å². The number of carbonyl (C=O) groups is 1. The van der Waals surface area contributed by atoms with Crippen LogP contribution in [0.3, 0.4) is 0 Å². The summed E-state index contributed by atoms with van der Waals surface area (Å²) < 4.78 is 9.86. The second-order valence-electron chi connectivity index (χ2n) is 3.08. The Balaban J connectivity index is 4.70. The van der Waals surface area contributed by atoms with E-state index in [-0.39, 0.29) is 5.54 Å². The molecule has 0 amide bonds. The van der Waals surface area contributed by atoms with Crippen LogP contribution in [0, 0.1) is 0 Å². The Hall–Kier alpha value is -0.653. The van der Waals surface area contributed by atoms with Gasteiger partial charge in [-0.1, -0.05) is 13.3 Å². The lowest BCUT2D eigenvalue weighted by Gasteiger charge is -2.14. The molecule has 82 valence electrons. The Bertz CT molecular complexity index is 211. The van der Waals surface area contributed by atoms with Crippen LogP contribution in [0.25, 0.3) is 0 Å². The van der Waals surface area contributed by atoms with Crippen molar-refractivity contribution in [3.8, 4) is 0 Å². The van der Waals surface area contributed by atoms with Gasteiger partial charge in [-0.2, -0.15) is 0 Å². The Morgan fingerprint density at radius 3 is 2.29 bits per heavy atom. The highest BCUT2D eigenvalue weighted by Crippen LogP contribution is 2.19. The number of carboxylic acids is 1. The smallest absolute Gasteiger partial charge is 0.331 e. The molecule has 0 aromatic carbocycles. The zero-order chi connectivity index (χ0) is 11.1. The van der Waals surface area contributed by atoms with Gasteiger partial charge in [0, 0.05) is 30.0 Å². The second kappa shape index (κ2) is 6.75. The predicted molar refractivity (Wildman–Crippen MR) is 57.5 cm³/mol. The van der Waals surface area contributed by atoms with Crippen LogP contribution in [0.1, 0.15) is 13.3 Å². The van der Waals surface area contributed by atoms with E-state index in [2.05, 4.69) is 0 Å². The fourth-order valence-electron chi connectivity index (χ4n) is 1.05. The molecule has 0 bridgehead atoms. The zero-order valence-corrected chi connectivity index (χ0v) is 11.1. The molecule has 0 fully saturated rings. The SMILES string of the molecule is CCC([SiH3])C(=CC(OC)OC)C(=O)O. The summed E-state index contributed by atoms with van der Waals surface area (Å²) in [5.41, 5.74) is 0.535. The van der Waals surface area contributed by atoms with Crippen molar-refractivity contribution in [3.63, 3.8) is 0 Å². The van der Waals surface area contributed by atoms with Gasteiger partial charge < -0.3 is 14.6 Å². The summed E-state index contributed by atoms with van der Waals surface area (Å²) in [5, 5.41) is 8.96. The molecule has 5 heteroatoms. The third-order valence-corrected chi connectivity index (χ3v) is 3.61. The van der Waals surface area contributed by atoms with Gasteiger partial charge in [0.05, 0.1) is 0 Å². The molecule has 0 rings (SSSR count). The third kappa shape index (κ3) is 4.04. The van der Waals surface area contributed by atoms with Crippen molar-refractivity contribution >= 4 is 16.2 Å². The Morgan fingerprint density at radius 1 is 1.50 bits per heavy atom. The van der Waals surface area contributed by atoms with Crippen molar-refractivity contribution in [3.05, 3.63) is 11.6 Å². The lowest BCUT2D eigenvalue weighted by molar-refractivity contribution is -0.133. The fourth-order valence-corrected chi connectivity index (χ4v) is 1.48. The third-order valence-electron chi connectivity index (χ3n) is 2.17. The molecule has 4 nitrogen and oxygen atoms in total. The fraction of sp³-hybridized carbons (Fsp3) is 0.667.